The smallest absolute Gasteiger partial charge is 0.133 e. The Bertz CT molecular complexity index is 353. The van der Waals surface area contributed by atoms with E-state index in [-0.39, 0.29) is 0 Å². The molecular weight excluding hydrogens is 230 g/mol. The minimum absolute atomic E-state index is 0.572. The van der Waals surface area contributed by atoms with Crippen LogP contribution in [0.3, 0.4) is 0 Å². The Morgan fingerprint density at radius 1 is 1.29 bits per heavy atom. The fraction of sp³-hybridized carbons (Fsp3) is 0.692. The lowest BCUT2D eigenvalue weighted by molar-refractivity contribution is 0.641. The monoisotopic (exact) mass is 253 g/mol. The summed E-state index contributed by atoms with van der Waals surface area (Å²) in [5, 5.41) is 5.01. The molecule has 1 rings (SSSR count). The number of nitrogens with zero attached hydrogens (tertiary/aromatic N) is 2. The molecule has 1 aromatic rings. The maximum atomic E-state index is 4.38. The second kappa shape index (κ2) is 6.84. The summed E-state index contributed by atoms with van der Waals surface area (Å²) in [5.74, 6) is 1.63. The second-order valence-electron chi connectivity index (χ2n) is 4.65. The van der Waals surface area contributed by atoms with E-state index in [1.807, 2.05) is 11.8 Å². The van der Waals surface area contributed by atoms with Crippen LogP contribution in [-0.4, -0.2) is 21.8 Å². The average molecular weight is 253 g/mol. The van der Waals surface area contributed by atoms with E-state index in [2.05, 4.69) is 49.9 Å². The highest BCUT2D eigenvalue weighted by molar-refractivity contribution is 7.99. The Morgan fingerprint density at radius 3 is 2.59 bits per heavy atom. The van der Waals surface area contributed by atoms with Crippen molar-refractivity contribution in [2.45, 2.75) is 51.3 Å². The quantitative estimate of drug-likeness (QED) is 0.619. The van der Waals surface area contributed by atoms with Gasteiger partial charge in [0.05, 0.1) is 0 Å². The molecule has 1 unspecified atom stereocenters. The van der Waals surface area contributed by atoms with Crippen LogP contribution in [0.25, 0.3) is 0 Å². The summed E-state index contributed by atoms with van der Waals surface area (Å²) >= 11 is 1.83. The SMILES string of the molecule is CCCNc1ncnc(SC(C)C(C)C)c1C. The third-order valence-corrected chi connectivity index (χ3v) is 4.37. The van der Waals surface area contributed by atoms with Crippen molar-refractivity contribution in [1.29, 1.82) is 0 Å². The van der Waals surface area contributed by atoms with Crippen LogP contribution in [0.1, 0.15) is 39.7 Å². The molecule has 4 heteroatoms. The van der Waals surface area contributed by atoms with E-state index in [0.717, 1.165) is 23.8 Å². The zero-order valence-corrected chi connectivity index (χ0v) is 12.3. The van der Waals surface area contributed by atoms with Gasteiger partial charge in [-0.15, -0.1) is 11.8 Å². The lowest BCUT2D eigenvalue weighted by Crippen LogP contribution is -2.09. The number of hydrogen-bond acceptors (Lipinski definition) is 4. The Morgan fingerprint density at radius 2 is 2.00 bits per heavy atom. The zero-order valence-electron chi connectivity index (χ0n) is 11.4. The van der Waals surface area contributed by atoms with Crippen molar-refractivity contribution in [3.05, 3.63) is 11.9 Å². The average Bonchev–Trinajstić information content (AvgIpc) is 2.30. The van der Waals surface area contributed by atoms with Gasteiger partial charge >= 0.3 is 0 Å². The molecule has 1 aromatic heterocycles. The molecule has 0 amide bonds. The van der Waals surface area contributed by atoms with Crippen LogP contribution in [0.15, 0.2) is 11.4 Å². The van der Waals surface area contributed by atoms with E-state index in [1.165, 1.54) is 5.56 Å². The minimum Gasteiger partial charge on any atom is -0.370 e. The van der Waals surface area contributed by atoms with Crippen LogP contribution in [0.2, 0.25) is 0 Å². The summed E-state index contributed by atoms with van der Waals surface area (Å²) in [4.78, 5) is 8.67. The highest BCUT2D eigenvalue weighted by Gasteiger charge is 2.13. The molecule has 0 aliphatic rings. The number of thioether (sulfide) groups is 1. The predicted octanol–water partition coefficient (Wildman–Crippen LogP) is 3.74. The molecule has 0 saturated carbocycles. The van der Waals surface area contributed by atoms with Crippen LogP contribution in [0, 0.1) is 12.8 Å². The van der Waals surface area contributed by atoms with Crippen LogP contribution >= 0.6 is 11.8 Å². The van der Waals surface area contributed by atoms with E-state index in [4.69, 9.17) is 0 Å². The summed E-state index contributed by atoms with van der Waals surface area (Å²) in [6.07, 6.45) is 2.76. The summed E-state index contributed by atoms with van der Waals surface area (Å²) in [5.41, 5.74) is 1.17. The normalized spacial score (nSPS) is 12.8. The zero-order chi connectivity index (χ0) is 12.8. The van der Waals surface area contributed by atoms with E-state index in [9.17, 15) is 0 Å². The number of hydrogen-bond donors (Lipinski definition) is 1. The van der Waals surface area contributed by atoms with Crippen molar-refractivity contribution in [3.63, 3.8) is 0 Å². The van der Waals surface area contributed by atoms with Crippen molar-refractivity contribution in [2.75, 3.05) is 11.9 Å². The van der Waals surface area contributed by atoms with Crippen molar-refractivity contribution < 1.29 is 0 Å². The van der Waals surface area contributed by atoms with Crippen molar-refractivity contribution in [1.82, 2.24) is 9.97 Å². The summed E-state index contributed by atoms with van der Waals surface area (Å²) < 4.78 is 0. The number of anilines is 1. The molecular formula is C13H23N3S. The molecule has 0 fully saturated rings. The third-order valence-electron chi connectivity index (χ3n) is 2.82. The molecule has 3 nitrogen and oxygen atoms in total. The van der Waals surface area contributed by atoms with Crippen molar-refractivity contribution in [3.8, 4) is 0 Å². The second-order valence-corrected chi connectivity index (χ2v) is 6.01. The van der Waals surface area contributed by atoms with Crippen LogP contribution in [0.4, 0.5) is 5.82 Å². The minimum atomic E-state index is 0.572. The molecule has 0 bridgehead atoms. The first-order valence-electron chi connectivity index (χ1n) is 6.28. The first-order valence-corrected chi connectivity index (χ1v) is 7.16. The molecule has 1 atom stereocenters. The Kier molecular flexibility index (Phi) is 5.75. The van der Waals surface area contributed by atoms with E-state index in [1.54, 1.807) is 6.33 Å². The molecule has 1 heterocycles. The molecule has 0 radical (unpaired) electrons. The number of nitrogens with one attached hydrogen (secondary N) is 1. The molecule has 0 aliphatic carbocycles. The molecule has 96 valence electrons. The van der Waals surface area contributed by atoms with Gasteiger partial charge < -0.3 is 5.32 Å². The molecule has 0 spiro atoms. The molecule has 1 N–H and O–H groups in total. The largest absolute Gasteiger partial charge is 0.370 e. The van der Waals surface area contributed by atoms with E-state index in [0.29, 0.717) is 11.2 Å². The summed E-state index contributed by atoms with van der Waals surface area (Å²) in [7, 11) is 0. The van der Waals surface area contributed by atoms with Gasteiger partial charge in [-0.3, -0.25) is 0 Å². The fourth-order valence-corrected chi connectivity index (χ4v) is 2.29. The maximum Gasteiger partial charge on any atom is 0.133 e. The first kappa shape index (κ1) is 14.3. The molecule has 0 saturated heterocycles. The highest BCUT2D eigenvalue weighted by Crippen LogP contribution is 2.30. The lowest BCUT2D eigenvalue weighted by atomic mass is 10.2. The Hall–Kier alpha value is -0.770. The lowest BCUT2D eigenvalue weighted by Gasteiger charge is -2.16. The van der Waals surface area contributed by atoms with Gasteiger partial charge in [-0.1, -0.05) is 27.7 Å². The van der Waals surface area contributed by atoms with Gasteiger partial charge in [0.2, 0.25) is 0 Å². The van der Waals surface area contributed by atoms with Gasteiger partial charge in [0, 0.05) is 17.4 Å². The van der Waals surface area contributed by atoms with Gasteiger partial charge in [-0.05, 0) is 19.3 Å². The molecule has 0 aliphatic heterocycles. The predicted molar refractivity (Wildman–Crippen MR) is 75.7 cm³/mol. The van der Waals surface area contributed by atoms with E-state index >= 15 is 0 Å². The Balaban J connectivity index is 2.79. The van der Waals surface area contributed by atoms with Gasteiger partial charge in [0.15, 0.2) is 0 Å². The molecule has 0 aromatic carbocycles. The third kappa shape index (κ3) is 4.19. The van der Waals surface area contributed by atoms with Gasteiger partial charge in [0.1, 0.15) is 17.2 Å². The van der Waals surface area contributed by atoms with Gasteiger partial charge in [-0.25, -0.2) is 9.97 Å². The van der Waals surface area contributed by atoms with Crippen LogP contribution in [-0.2, 0) is 0 Å². The van der Waals surface area contributed by atoms with Crippen molar-refractivity contribution in [2.24, 2.45) is 5.92 Å². The van der Waals surface area contributed by atoms with Crippen LogP contribution < -0.4 is 5.32 Å². The molecule has 17 heavy (non-hydrogen) atoms. The fourth-order valence-electron chi connectivity index (χ4n) is 1.29. The van der Waals surface area contributed by atoms with Gasteiger partial charge in [-0.2, -0.15) is 0 Å². The summed E-state index contributed by atoms with van der Waals surface area (Å²) in [6, 6.07) is 0. The van der Waals surface area contributed by atoms with Crippen LogP contribution in [0.5, 0.6) is 0 Å². The summed E-state index contributed by atoms with van der Waals surface area (Å²) in [6.45, 7) is 11.9. The Labute approximate surface area is 109 Å². The first-order chi connectivity index (χ1) is 8.06. The number of rotatable bonds is 6. The standard InChI is InChI=1S/C13H23N3S/c1-6-7-14-12-10(4)13(16-8-15-12)17-11(5)9(2)3/h8-9,11H,6-7H2,1-5H3,(H,14,15,16). The number of aromatic nitrogens is 2. The highest BCUT2D eigenvalue weighted by atomic mass is 32.2. The van der Waals surface area contributed by atoms with Crippen molar-refractivity contribution >= 4 is 17.6 Å². The van der Waals surface area contributed by atoms with E-state index < -0.39 is 0 Å². The topological polar surface area (TPSA) is 37.8 Å². The van der Waals surface area contributed by atoms with Gasteiger partial charge in [0.25, 0.3) is 0 Å². The maximum absolute atomic E-state index is 4.38.